The normalized spacial score (nSPS) is 21.7. The Bertz CT molecular complexity index is 707. The Morgan fingerprint density at radius 2 is 1.82 bits per heavy atom. The Hall–Kier alpha value is -1.88. The second kappa shape index (κ2) is 5.39. The number of para-hydroxylation sites is 1. The van der Waals surface area contributed by atoms with Crippen molar-refractivity contribution in [3.63, 3.8) is 0 Å². The van der Waals surface area contributed by atoms with Crippen LogP contribution in [-0.4, -0.2) is 20.1 Å². The van der Waals surface area contributed by atoms with Crippen LogP contribution in [0.3, 0.4) is 0 Å². The first-order valence-corrected chi connectivity index (χ1v) is 8.27. The standard InChI is InChI=1S/C15H16NO5P/c1-19-22(18,20-2)15(13-9-6-10-21-13)11-14(17)16(15)12-7-4-3-5-8-12/h3-10H,11H2,1-2H3. The lowest BCUT2D eigenvalue weighted by Crippen LogP contribution is -2.61. The summed E-state index contributed by atoms with van der Waals surface area (Å²) in [5.41, 5.74) is 0.615. The Morgan fingerprint density at radius 3 is 2.32 bits per heavy atom. The van der Waals surface area contributed by atoms with E-state index in [-0.39, 0.29) is 12.3 Å². The molecule has 0 aliphatic carbocycles. The maximum atomic E-state index is 13.2. The highest BCUT2D eigenvalue weighted by atomic mass is 31.2. The van der Waals surface area contributed by atoms with Gasteiger partial charge in [-0.15, -0.1) is 0 Å². The van der Waals surface area contributed by atoms with Crippen LogP contribution in [0.4, 0.5) is 5.69 Å². The molecule has 1 amide bonds. The molecular weight excluding hydrogens is 305 g/mol. The number of furan rings is 1. The lowest BCUT2D eigenvalue weighted by atomic mass is 9.97. The highest BCUT2D eigenvalue weighted by Gasteiger charge is 2.67. The number of nitrogens with zero attached hydrogens (tertiary/aromatic N) is 1. The van der Waals surface area contributed by atoms with E-state index in [9.17, 15) is 9.36 Å². The summed E-state index contributed by atoms with van der Waals surface area (Å²) in [6.45, 7) is 0. The van der Waals surface area contributed by atoms with Crippen LogP contribution in [0, 0.1) is 0 Å². The van der Waals surface area contributed by atoms with Crippen LogP contribution in [-0.2, 0) is 23.7 Å². The molecule has 0 radical (unpaired) electrons. The van der Waals surface area contributed by atoms with E-state index < -0.39 is 12.9 Å². The van der Waals surface area contributed by atoms with Gasteiger partial charge >= 0.3 is 7.60 Å². The van der Waals surface area contributed by atoms with E-state index in [2.05, 4.69) is 0 Å². The van der Waals surface area contributed by atoms with Crippen molar-refractivity contribution in [2.45, 2.75) is 11.7 Å². The number of hydrogen-bond acceptors (Lipinski definition) is 5. The molecule has 0 N–H and O–H groups in total. The maximum Gasteiger partial charge on any atom is 0.364 e. The fourth-order valence-corrected chi connectivity index (χ4v) is 4.80. The largest absolute Gasteiger partial charge is 0.466 e. The summed E-state index contributed by atoms with van der Waals surface area (Å²) < 4.78 is 29.0. The lowest BCUT2D eigenvalue weighted by Gasteiger charge is -2.51. The molecule has 2 aromatic rings. The van der Waals surface area contributed by atoms with Crippen LogP contribution >= 0.6 is 7.60 Å². The van der Waals surface area contributed by atoms with E-state index in [0.29, 0.717) is 11.4 Å². The van der Waals surface area contributed by atoms with Gasteiger partial charge in [-0.1, -0.05) is 18.2 Å². The van der Waals surface area contributed by atoms with Crippen molar-refractivity contribution >= 4 is 19.2 Å². The van der Waals surface area contributed by atoms with Crippen molar-refractivity contribution in [2.24, 2.45) is 0 Å². The average molecular weight is 321 g/mol. The third-order valence-corrected chi connectivity index (χ3v) is 6.33. The van der Waals surface area contributed by atoms with Crippen molar-refractivity contribution in [3.8, 4) is 0 Å². The summed E-state index contributed by atoms with van der Waals surface area (Å²) in [5.74, 6) is 0.208. The smallest absolute Gasteiger partial charge is 0.364 e. The molecule has 0 bridgehead atoms. The van der Waals surface area contributed by atoms with Gasteiger partial charge in [0.2, 0.25) is 11.2 Å². The Kier molecular flexibility index (Phi) is 3.68. The molecule has 1 atom stereocenters. The van der Waals surface area contributed by atoms with Crippen LogP contribution in [0.5, 0.6) is 0 Å². The van der Waals surface area contributed by atoms with Crippen molar-refractivity contribution in [1.82, 2.24) is 0 Å². The highest BCUT2D eigenvalue weighted by Crippen LogP contribution is 2.71. The van der Waals surface area contributed by atoms with Gasteiger partial charge in [-0.3, -0.25) is 14.3 Å². The van der Waals surface area contributed by atoms with Gasteiger partial charge in [-0.25, -0.2) is 0 Å². The number of rotatable bonds is 5. The summed E-state index contributed by atoms with van der Waals surface area (Å²) in [4.78, 5) is 13.7. The number of benzene rings is 1. The summed E-state index contributed by atoms with van der Waals surface area (Å²) >= 11 is 0. The molecule has 0 spiro atoms. The zero-order valence-electron chi connectivity index (χ0n) is 12.3. The number of β-lactam (4-membered cyclic amide) rings is 1. The van der Waals surface area contributed by atoms with Crippen molar-refractivity contribution < 1.29 is 22.8 Å². The van der Waals surface area contributed by atoms with E-state index in [0.717, 1.165) is 0 Å². The zero-order chi connectivity index (χ0) is 15.8. The molecule has 116 valence electrons. The predicted octanol–water partition coefficient (Wildman–Crippen LogP) is 3.36. The number of carbonyl (C=O) groups is 1. The van der Waals surface area contributed by atoms with Crippen LogP contribution in [0.15, 0.2) is 53.1 Å². The first kappa shape index (κ1) is 15.0. The molecule has 1 aliphatic heterocycles. The topological polar surface area (TPSA) is 69.0 Å². The molecule has 22 heavy (non-hydrogen) atoms. The van der Waals surface area contributed by atoms with E-state index >= 15 is 0 Å². The molecule has 1 unspecified atom stereocenters. The highest BCUT2D eigenvalue weighted by molar-refractivity contribution is 7.55. The molecule has 0 saturated carbocycles. The number of carbonyl (C=O) groups excluding carboxylic acids is 1. The monoisotopic (exact) mass is 321 g/mol. The summed E-state index contributed by atoms with van der Waals surface area (Å²) in [7, 11) is -1.04. The molecular formula is C15H16NO5P. The molecule has 1 aromatic carbocycles. The summed E-state index contributed by atoms with van der Waals surface area (Å²) in [6, 6.07) is 12.3. The van der Waals surface area contributed by atoms with Crippen LogP contribution < -0.4 is 4.90 Å². The van der Waals surface area contributed by atoms with Gasteiger partial charge in [-0.05, 0) is 24.3 Å². The fourth-order valence-electron chi connectivity index (χ4n) is 2.85. The van der Waals surface area contributed by atoms with Gasteiger partial charge in [0.1, 0.15) is 5.76 Å². The Morgan fingerprint density at radius 1 is 1.14 bits per heavy atom. The second-order valence-corrected chi connectivity index (χ2v) is 7.36. The summed E-state index contributed by atoms with van der Waals surface area (Å²) in [5, 5.41) is -1.28. The molecule has 7 heteroatoms. The minimum Gasteiger partial charge on any atom is -0.466 e. The maximum absolute atomic E-state index is 13.2. The third kappa shape index (κ3) is 1.88. The average Bonchev–Trinajstić information content (AvgIpc) is 3.06. The molecule has 3 rings (SSSR count). The van der Waals surface area contributed by atoms with E-state index in [1.807, 2.05) is 6.07 Å². The zero-order valence-corrected chi connectivity index (χ0v) is 13.2. The van der Waals surface area contributed by atoms with Gasteiger partial charge < -0.3 is 13.5 Å². The number of anilines is 1. The molecule has 1 saturated heterocycles. The molecule has 1 fully saturated rings. The first-order chi connectivity index (χ1) is 10.6. The molecule has 2 heterocycles. The quantitative estimate of drug-likeness (QED) is 0.624. The Balaban J connectivity index is 2.20. The van der Waals surface area contributed by atoms with Crippen LogP contribution in [0.2, 0.25) is 0 Å². The Labute approximate surface area is 128 Å². The molecule has 1 aliphatic rings. The van der Waals surface area contributed by atoms with Gasteiger partial charge in [0.05, 0.1) is 12.7 Å². The predicted molar refractivity (Wildman–Crippen MR) is 80.6 cm³/mol. The fraction of sp³-hybridized carbons (Fsp3) is 0.267. The minimum absolute atomic E-state index is 0.00559. The van der Waals surface area contributed by atoms with Crippen molar-refractivity contribution in [3.05, 3.63) is 54.5 Å². The second-order valence-electron chi connectivity index (χ2n) is 4.90. The summed E-state index contributed by atoms with van der Waals surface area (Å²) in [6.07, 6.45) is 1.47. The first-order valence-electron chi connectivity index (χ1n) is 6.73. The van der Waals surface area contributed by atoms with Gasteiger partial charge in [0.25, 0.3) is 0 Å². The van der Waals surface area contributed by atoms with Gasteiger partial charge in [0, 0.05) is 19.9 Å². The van der Waals surface area contributed by atoms with Gasteiger partial charge in [0.15, 0.2) is 0 Å². The number of hydrogen-bond donors (Lipinski definition) is 0. The van der Waals surface area contributed by atoms with Gasteiger partial charge in [-0.2, -0.15) is 0 Å². The van der Waals surface area contributed by atoms with E-state index in [4.69, 9.17) is 13.5 Å². The minimum atomic E-state index is -3.65. The number of amides is 1. The van der Waals surface area contributed by atoms with Crippen LogP contribution in [0.25, 0.3) is 0 Å². The van der Waals surface area contributed by atoms with Crippen molar-refractivity contribution in [1.29, 1.82) is 0 Å². The lowest BCUT2D eigenvalue weighted by molar-refractivity contribution is -0.126. The molecule has 1 aromatic heterocycles. The third-order valence-electron chi connectivity index (χ3n) is 3.88. The van der Waals surface area contributed by atoms with Crippen LogP contribution in [0.1, 0.15) is 12.2 Å². The molecule has 6 nitrogen and oxygen atoms in total. The SMILES string of the molecule is COP(=O)(OC)C1(c2ccco2)CC(=O)N1c1ccccc1. The van der Waals surface area contributed by atoms with E-state index in [1.54, 1.807) is 36.4 Å². The van der Waals surface area contributed by atoms with Crippen molar-refractivity contribution in [2.75, 3.05) is 19.1 Å². The van der Waals surface area contributed by atoms with E-state index in [1.165, 1.54) is 25.4 Å².